The van der Waals surface area contributed by atoms with Gasteiger partial charge in [-0.3, -0.25) is 13.9 Å². The standard InChI is InChI=1S/C29H35N3O4S/c1-5-26(29(34)30-6-2)31(20-24-15-9-7-10-16-24)28(33)21-32(27-19-13-14-22(3)23(27)4)37(35,36)25-17-11-8-12-18-25/h7-19,26H,5-6,20-21H2,1-4H3,(H,30,34). The van der Waals surface area contributed by atoms with Crippen molar-refractivity contribution in [2.45, 2.75) is 51.6 Å². The van der Waals surface area contributed by atoms with Crippen LogP contribution < -0.4 is 9.62 Å². The summed E-state index contributed by atoms with van der Waals surface area (Å²) in [5.74, 6) is -0.721. The molecule has 0 fully saturated rings. The highest BCUT2D eigenvalue weighted by Gasteiger charge is 2.34. The highest BCUT2D eigenvalue weighted by molar-refractivity contribution is 7.92. The van der Waals surface area contributed by atoms with E-state index < -0.39 is 28.5 Å². The Labute approximate surface area is 220 Å². The van der Waals surface area contributed by atoms with Gasteiger partial charge in [-0.05, 0) is 62.1 Å². The molecule has 0 aliphatic carbocycles. The number of hydrogen-bond acceptors (Lipinski definition) is 4. The van der Waals surface area contributed by atoms with E-state index in [9.17, 15) is 18.0 Å². The zero-order chi connectivity index (χ0) is 27.0. The van der Waals surface area contributed by atoms with Crippen LogP contribution in [0.15, 0.2) is 83.8 Å². The second kappa shape index (κ2) is 12.5. The molecule has 0 saturated carbocycles. The van der Waals surface area contributed by atoms with Gasteiger partial charge >= 0.3 is 0 Å². The summed E-state index contributed by atoms with van der Waals surface area (Å²) in [6, 6.07) is 22.1. The monoisotopic (exact) mass is 521 g/mol. The van der Waals surface area contributed by atoms with E-state index in [1.54, 1.807) is 30.3 Å². The molecule has 0 aliphatic heterocycles. The summed E-state index contributed by atoms with van der Waals surface area (Å²) in [6.07, 6.45) is 0.388. The highest BCUT2D eigenvalue weighted by Crippen LogP contribution is 2.29. The number of nitrogens with one attached hydrogen (secondary N) is 1. The predicted molar refractivity (Wildman–Crippen MR) is 147 cm³/mol. The number of rotatable bonds is 11. The van der Waals surface area contributed by atoms with Crippen molar-refractivity contribution >= 4 is 27.5 Å². The summed E-state index contributed by atoms with van der Waals surface area (Å²) in [6.45, 7) is 7.58. The van der Waals surface area contributed by atoms with Crippen LogP contribution in [0.1, 0.15) is 37.0 Å². The fraction of sp³-hybridized carbons (Fsp3) is 0.310. The molecule has 0 saturated heterocycles. The van der Waals surface area contributed by atoms with E-state index in [-0.39, 0.29) is 17.3 Å². The highest BCUT2D eigenvalue weighted by atomic mass is 32.2. The summed E-state index contributed by atoms with van der Waals surface area (Å²) in [5.41, 5.74) is 2.96. The van der Waals surface area contributed by atoms with Crippen LogP contribution >= 0.6 is 0 Å². The lowest BCUT2D eigenvalue weighted by Crippen LogP contribution is -2.52. The molecule has 1 N–H and O–H groups in total. The van der Waals surface area contributed by atoms with Crippen LogP contribution in [-0.2, 0) is 26.2 Å². The quantitative estimate of drug-likeness (QED) is 0.404. The molecule has 0 spiro atoms. The van der Waals surface area contributed by atoms with Gasteiger partial charge in [0.25, 0.3) is 10.0 Å². The summed E-state index contributed by atoms with van der Waals surface area (Å²) in [7, 11) is -4.07. The van der Waals surface area contributed by atoms with E-state index in [0.717, 1.165) is 21.0 Å². The van der Waals surface area contributed by atoms with E-state index in [4.69, 9.17) is 0 Å². The zero-order valence-corrected chi connectivity index (χ0v) is 22.7. The van der Waals surface area contributed by atoms with Crippen LogP contribution in [-0.4, -0.2) is 44.3 Å². The molecule has 3 aromatic carbocycles. The largest absolute Gasteiger partial charge is 0.355 e. The second-order valence-corrected chi connectivity index (χ2v) is 10.7. The number of carbonyl (C=O) groups excluding carboxylic acids is 2. The predicted octanol–water partition coefficient (Wildman–Crippen LogP) is 4.44. The van der Waals surface area contributed by atoms with Crippen LogP contribution in [0.4, 0.5) is 5.69 Å². The van der Waals surface area contributed by atoms with Gasteiger partial charge in [-0.2, -0.15) is 0 Å². The Hall–Kier alpha value is -3.65. The van der Waals surface area contributed by atoms with Gasteiger partial charge in [0.15, 0.2) is 0 Å². The third-order valence-corrected chi connectivity index (χ3v) is 8.16. The molecule has 2 amide bonds. The number of amides is 2. The summed E-state index contributed by atoms with van der Waals surface area (Å²) >= 11 is 0. The molecule has 0 radical (unpaired) electrons. The molecule has 3 aromatic rings. The van der Waals surface area contributed by atoms with Gasteiger partial charge in [-0.15, -0.1) is 0 Å². The first-order chi connectivity index (χ1) is 17.7. The summed E-state index contributed by atoms with van der Waals surface area (Å²) in [5, 5.41) is 2.81. The fourth-order valence-electron chi connectivity index (χ4n) is 4.23. The molecular weight excluding hydrogens is 486 g/mol. The minimum Gasteiger partial charge on any atom is -0.355 e. The Morgan fingerprint density at radius 3 is 2.08 bits per heavy atom. The molecule has 0 heterocycles. The van der Waals surface area contributed by atoms with Crippen molar-refractivity contribution < 1.29 is 18.0 Å². The number of likely N-dealkylation sites (N-methyl/N-ethyl adjacent to an activating group) is 1. The minimum atomic E-state index is -4.07. The minimum absolute atomic E-state index is 0.0917. The van der Waals surface area contributed by atoms with Gasteiger partial charge < -0.3 is 10.2 Å². The maximum Gasteiger partial charge on any atom is 0.264 e. The molecule has 37 heavy (non-hydrogen) atoms. The second-order valence-electron chi connectivity index (χ2n) is 8.87. The van der Waals surface area contributed by atoms with Crippen molar-refractivity contribution in [3.05, 3.63) is 95.6 Å². The van der Waals surface area contributed by atoms with Crippen LogP contribution in [0.25, 0.3) is 0 Å². The number of benzene rings is 3. The van der Waals surface area contributed by atoms with Crippen molar-refractivity contribution in [3.63, 3.8) is 0 Å². The SMILES string of the molecule is CCNC(=O)C(CC)N(Cc1ccccc1)C(=O)CN(c1cccc(C)c1C)S(=O)(=O)c1ccccc1. The zero-order valence-electron chi connectivity index (χ0n) is 21.8. The average molecular weight is 522 g/mol. The van der Waals surface area contributed by atoms with Crippen molar-refractivity contribution in [3.8, 4) is 0 Å². The van der Waals surface area contributed by atoms with Gasteiger partial charge in [0.1, 0.15) is 12.6 Å². The summed E-state index contributed by atoms with van der Waals surface area (Å²) < 4.78 is 28.9. The Balaban J connectivity index is 2.08. The number of aryl methyl sites for hydroxylation is 1. The number of hydrogen-bond donors (Lipinski definition) is 1. The van der Waals surface area contributed by atoms with Crippen LogP contribution in [0.2, 0.25) is 0 Å². The molecule has 0 aromatic heterocycles. The first-order valence-corrected chi connectivity index (χ1v) is 13.9. The van der Waals surface area contributed by atoms with Gasteiger partial charge in [0.2, 0.25) is 11.8 Å². The topological polar surface area (TPSA) is 86.8 Å². The van der Waals surface area contributed by atoms with Gasteiger partial charge in [-0.1, -0.05) is 67.6 Å². The van der Waals surface area contributed by atoms with Gasteiger partial charge in [-0.25, -0.2) is 8.42 Å². The first-order valence-electron chi connectivity index (χ1n) is 12.5. The molecule has 0 aliphatic rings. The van der Waals surface area contributed by atoms with Crippen molar-refractivity contribution in [1.82, 2.24) is 10.2 Å². The number of nitrogens with zero attached hydrogens (tertiary/aromatic N) is 2. The third kappa shape index (κ3) is 6.57. The van der Waals surface area contributed by atoms with E-state index in [1.165, 1.54) is 17.0 Å². The van der Waals surface area contributed by atoms with Crippen molar-refractivity contribution in [2.75, 3.05) is 17.4 Å². The van der Waals surface area contributed by atoms with Crippen molar-refractivity contribution in [2.24, 2.45) is 0 Å². The number of carbonyl (C=O) groups is 2. The number of sulfonamides is 1. The Kier molecular flexibility index (Phi) is 9.47. The molecule has 3 rings (SSSR count). The van der Waals surface area contributed by atoms with E-state index in [1.807, 2.05) is 64.1 Å². The van der Waals surface area contributed by atoms with Crippen LogP contribution in [0.3, 0.4) is 0 Å². The first kappa shape index (κ1) is 27.9. The summed E-state index contributed by atoms with van der Waals surface area (Å²) in [4.78, 5) is 28.5. The average Bonchev–Trinajstić information content (AvgIpc) is 2.90. The van der Waals surface area contributed by atoms with Crippen LogP contribution in [0, 0.1) is 13.8 Å². The Bertz CT molecular complexity index is 1310. The number of anilines is 1. The fourth-order valence-corrected chi connectivity index (χ4v) is 5.72. The lowest BCUT2D eigenvalue weighted by molar-refractivity contribution is -0.140. The Morgan fingerprint density at radius 2 is 1.49 bits per heavy atom. The lowest BCUT2D eigenvalue weighted by atomic mass is 10.1. The van der Waals surface area contributed by atoms with Gasteiger partial charge in [0, 0.05) is 13.1 Å². The lowest BCUT2D eigenvalue weighted by Gasteiger charge is -2.33. The third-order valence-electron chi connectivity index (χ3n) is 6.39. The molecule has 0 bridgehead atoms. The maximum atomic E-state index is 14.0. The molecule has 1 unspecified atom stereocenters. The molecule has 196 valence electrons. The molecule has 7 nitrogen and oxygen atoms in total. The van der Waals surface area contributed by atoms with E-state index >= 15 is 0 Å². The van der Waals surface area contributed by atoms with Crippen molar-refractivity contribution in [1.29, 1.82) is 0 Å². The molecular formula is C29H35N3O4S. The van der Waals surface area contributed by atoms with E-state index in [2.05, 4.69) is 5.32 Å². The van der Waals surface area contributed by atoms with Gasteiger partial charge in [0.05, 0.1) is 10.6 Å². The normalized spacial score (nSPS) is 12.0. The van der Waals surface area contributed by atoms with E-state index in [0.29, 0.717) is 18.7 Å². The Morgan fingerprint density at radius 1 is 0.865 bits per heavy atom. The smallest absolute Gasteiger partial charge is 0.264 e. The van der Waals surface area contributed by atoms with Crippen LogP contribution in [0.5, 0.6) is 0 Å². The maximum absolute atomic E-state index is 14.0. The molecule has 8 heteroatoms. The molecule has 1 atom stereocenters.